The van der Waals surface area contributed by atoms with E-state index in [-0.39, 0.29) is 16.7 Å². The van der Waals surface area contributed by atoms with Crippen LogP contribution in [0.2, 0.25) is 0 Å². The Morgan fingerprint density at radius 1 is 1.19 bits per heavy atom. The highest BCUT2D eigenvalue weighted by Gasteiger charge is 2.29. The number of nitrogens with two attached hydrogens (primary N) is 1. The first-order valence-electron chi connectivity index (χ1n) is 6.02. The summed E-state index contributed by atoms with van der Waals surface area (Å²) in [5, 5.41) is 2.95. The molecule has 0 aromatic rings. The molecule has 3 heteroatoms. The summed E-state index contributed by atoms with van der Waals surface area (Å²) in [4.78, 5) is 11.8. The van der Waals surface area contributed by atoms with Crippen molar-refractivity contribution in [2.45, 2.75) is 54.5 Å². The highest BCUT2D eigenvalue weighted by Crippen LogP contribution is 2.25. The van der Waals surface area contributed by atoms with E-state index in [0.29, 0.717) is 12.5 Å². The molecule has 0 aromatic heterocycles. The van der Waals surface area contributed by atoms with Gasteiger partial charge in [-0.15, -0.1) is 0 Å². The molecule has 1 atom stereocenters. The third kappa shape index (κ3) is 4.52. The lowest BCUT2D eigenvalue weighted by molar-refractivity contribution is -0.125. The molecule has 0 heterocycles. The van der Waals surface area contributed by atoms with Crippen molar-refractivity contribution in [1.82, 2.24) is 5.32 Å². The quantitative estimate of drug-likeness (QED) is 0.774. The largest absolute Gasteiger partial charge is 0.354 e. The number of rotatable bonds is 4. The molecule has 1 unspecified atom stereocenters. The molecule has 0 radical (unpaired) electrons. The fourth-order valence-corrected chi connectivity index (χ4v) is 1.02. The minimum atomic E-state index is -0.449. The Labute approximate surface area is 100 Å². The Morgan fingerprint density at radius 3 is 1.94 bits per heavy atom. The summed E-state index contributed by atoms with van der Waals surface area (Å²) in [6.07, 6.45) is 0. The Kier molecular flexibility index (Phi) is 4.99. The number of carbonyl (C=O) groups is 1. The van der Waals surface area contributed by atoms with Crippen LogP contribution < -0.4 is 11.1 Å². The first-order valence-corrected chi connectivity index (χ1v) is 6.02. The van der Waals surface area contributed by atoms with E-state index in [1.54, 1.807) is 0 Å². The van der Waals surface area contributed by atoms with Crippen LogP contribution >= 0.6 is 0 Å². The van der Waals surface area contributed by atoms with E-state index in [1.165, 1.54) is 0 Å². The zero-order valence-electron chi connectivity index (χ0n) is 11.8. The molecule has 0 spiro atoms. The van der Waals surface area contributed by atoms with Gasteiger partial charge in [0.05, 0.1) is 6.04 Å². The van der Waals surface area contributed by atoms with Gasteiger partial charge in [-0.1, -0.05) is 48.5 Å². The minimum absolute atomic E-state index is 0.0544. The van der Waals surface area contributed by atoms with E-state index in [9.17, 15) is 4.79 Å². The lowest BCUT2D eigenvalue weighted by atomic mass is 9.81. The molecule has 0 aliphatic rings. The molecule has 0 saturated carbocycles. The molecule has 0 saturated heterocycles. The van der Waals surface area contributed by atoms with Crippen molar-refractivity contribution < 1.29 is 4.79 Å². The average molecular weight is 228 g/mol. The number of nitrogens with one attached hydrogen (secondary N) is 1. The third-order valence-electron chi connectivity index (χ3n) is 3.50. The Hall–Kier alpha value is -0.570. The first kappa shape index (κ1) is 15.4. The normalized spacial score (nSPS) is 15.1. The second-order valence-electron chi connectivity index (χ2n) is 6.70. The molecular weight excluding hydrogens is 200 g/mol. The zero-order chi connectivity index (χ0) is 13.1. The minimum Gasteiger partial charge on any atom is -0.354 e. The van der Waals surface area contributed by atoms with Gasteiger partial charge in [-0.25, -0.2) is 0 Å². The summed E-state index contributed by atoms with van der Waals surface area (Å²) in [7, 11) is 0. The van der Waals surface area contributed by atoms with Gasteiger partial charge in [-0.05, 0) is 16.7 Å². The van der Waals surface area contributed by atoms with E-state index in [1.807, 2.05) is 20.8 Å². The van der Waals surface area contributed by atoms with Crippen molar-refractivity contribution in [3.63, 3.8) is 0 Å². The summed E-state index contributed by atoms with van der Waals surface area (Å²) in [5.41, 5.74) is 5.80. The van der Waals surface area contributed by atoms with Crippen LogP contribution in [-0.2, 0) is 4.79 Å². The van der Waals surface area contributed by atoms with Crippen LogP contribution in [0.15, 0.2) is 0 Å². The molecule has 0 aliphatic carbocycles. The maximum Gasteiger partial charge on any atom is 0.237 e. The summed E-state index contributed by atoms with van der Waals surface area (Å²) in [5.74, 6) is 0.472. The number of carbonyl (C=O) groups excluding carboxylic acids is 1. The molecule has 1 amide bonds. The predicted molar refractivity (Wildman–Crippen MR) is 69.1 cm³/mol. The maximum absolute atomic E-state index is 11.8. The average Bonchev–Trinajstić information content (AvgIpc) is 2.11. The molecule has 96 valence electrons. The zero-order valence-corrected chi connectivity index (χ0v) is 11.8. The molecule has 0 aromatic carbocycles. The van der Waals surface area contributed by atoms with E-state index >= 15 is 0 Å². The van der Waals surface area contributed by atoms with Gasteiger partial charge >= 0.3 is 0 Å². The van der Waals surface area contributed by atoms with Crippen LogP contribution in [0.5, 0.6) is 0 Å². The van der Waals surface area contributed by atoms with Crippen LogP contribution in [0.4, 0.5) is 0 Å². The van der Waals surface area contributed by atoms with E-state index in [4.69, 9.17) is 5.73 Å². The Morgan fingerprint density at radius 2 is 1.62 bits per heavy atom. The molecule has 3 nitrogen and oxygen atoms in total. The van der Waals surface area contributed by atoms with Gasteiger partial charge in [-0.3, -0.25) is 4.79 Å². The fourth-order valence-electron chi connectivity index (χ4n) is 1.02. The van der Waals surface area contributed by atoms with Gasteiger partial charge in [0.25, 0.3) is 0 Å². The molecule has 3 N–H and O–H groups in total. The fraction of sp³-hybridized carbons (Fsp3) is 0.923. The summed E-state index contributed by atoms with van der Waals surface area (Å²) >= 11 is 0. The van der Waals surface area contributed by atoms with Crippen molar-refractivity contribution in [2.24, 2.45) is 22.5 Å². The third-order valence-corrected chi connectivity index (χ3v) is 3.50. The van der Waals surface area contributed by atoms with Crippen molar-refractivity contribution in [2.75, 3.05) is 6.54 Å². The second-order valence-corrected chi connectivity index (χ2v) is 6.70. The predicted octanol–water partition coefficient (Wildman–Crippen LogP) is 2.16. The molecular formula is C13H28N2O. The Bertz CT molecular complexity index is 239. The number of amides is 1. The van der Waals surface area contributed by atoms with Crippen LogP contribution in [0.3, 0.4) is 0 Å². The summed E-state index contributed by atoms with van der Waals surface area (Å²) < 4.78 is 0. The van der Waals surface area contributed by atoms with Gasteiger partial charge < -0.3 is 11.1 Å². The smallest absolute Gasteiger partial charge is 0.237 e. The van der Waals surface area contributed by atoms with Crippen molar-refractivity contribution in [3.8, 4) is 0 Å². The SMILES string of the molecule is CC(C)C(C)(C)CNC(=O)C(N)C(C)(C)C. The van der Waals surface area contributed by atoms with Gasteiger partial charge in [-0.2, -0.15) is 0 Å². The monoisotopic (exact) mass is 228 g/mol. The van der Waals surface area contributed by atoms with Gasteiger partial charge in [0.2, 0.25) is 5.91 Å². The van der Waals surface area contributed by atoms with Crippen LogP contribution in [-0.4, -0.2) is 18.5 Å². The topological polar surface area (TPSA) is 55.1 Å². The van der Waals surface area contributed by atoms with Crippen LogP contribution in [0.1, 0.15) is 48.5 Å². The maximum atomic E-state index is 11.8. The lowest BCUT2D eigenvalue weighted by Crippen LogP contribution is -2.50. The van der Waals surface area contributed by atoms with E-state index in [0.717, 1.165) is 0 Å². The second kappa shape index (κ2) is 5.17. The highest BCUT2D eigenvalue weighted by atomic mass is 16.2. The molecule has 16 heavy (non-hydrogen) atoms. The van der Waals surface area contributed by atoms with Crippen LogP contribution in [0, 0.1) is 16.7 Å². The van der Waals surface area contributed by atoms with Gasteiger partial charge in [0, 0.05) is 6.54 Å². The number of hydrogen-bond donors (Lipinski definition) is 2. The standard InChI is InChI=1S/C13H28N2O/c1-9(2)13(6,7)8-15-11(16)10(14)12(3,4)5/h9-10H,8,14H2,1-7H3,(H,15,16). The molecule has 0 bridgehead atoms. The first-order chi connectivity index (χ1) is 6.98. The number of hydrogen-bond acceptors (Lipinski definition) is 2. The van der Waals surface area contributed by atoms with Gasteiger partial charge in [0.1, 0.15) is 0 Å². The van der Waals surface area contributed by atoms with Gasteiger partial charge in [0.15, 0.2) is 0 Å². The van der Waals surface area contributed by atoms with E-state index in [2.05, 4.69) is 33.0 Å². The summed E-state index contributed by atoms with van der Waals surface area (Å²) in [6.45, 7) is 15.2. The molecule has 0 aliphatic heterocycles. The molecule has 0 fully saturated rings. The Balaban J connectivity index is 4.29. The lowest BCUT2D eigenvalue weighted by Gasteiger charge is -2.32. The van der Waals surface area contributed by atoms with Crippen molar-refractivity contribution >= 4 is 5.91 Å². The van der Waals surface area contributed by atoms with Crippen molar-refractivity contribution in [1.29, 1.82) is 0 Å². The highest BCUT2D eigenvalue weighted by molar-refractivity contribution is 5.82. The van der Waals surface area contributed by atoms with Crippen LogP contribution in [0.25, 0.3) is 0 Å². The molecule has 0 rings (SSSR count). The summed E-state index contributed by atoms with van der Waals surface area (Å²) in [6, 6.07) is -0.449. The van der Waals surface area contributed by atoms with Crippen molar-refractivity contribution in [3.05, 3.63) is 0 Å². The van der Waals surface area contributed by atoms with E-state index < -0.39 is 6.04 Å².